The molecule has 1 saturated carbocycles. The minimum absolute atomic E-state index is 0.171. The Bertz CT molecular complexity index is 448. The number of nitrogens with one attached hydrogen (secondary N) is 2. The maximum Gasteiger partial charge on any atom is 0.224 e. The molecule has 114 valence electrons. The van der Waals surface area contributed by atoms with Crippen molar-refractivity contribution in [2.24, 2.45) is 11.8 Å². The highest BCUT2D eigenvalue weighted by Crippen LogP contribution is 2.29. The fraction of sp³-hybridized carbons (Fsp3) is 0.611. The van der Waals surface area contributed by atoms with E-state index in [4.69, 9.17) is 0 Å². The molecule has 1 amide bonds. The van der Waals surface area contributed by atoms with Crippen LogP contribution in [0.2, 0.25) is 0 Å². The minimum Gasteiger partial charge on any atom is -0.352 e. The lowest BCUT2D eigenvalue weighted by atomic mass is 9.91. The first-order valence-electron chi connectivity index (χ1n) is 8.38. The van der Waals surface area contributed by atoms with E-state index in [1.165, 1.54) is 31.2 Å². The Morgan fingerprint density at radius 1 is 1.19 bits per heavy atom. The van der Waals surface area contributed by atoms with E-state index in [0.717, 1.165) is 25.9 Å². The maximum atomic E-state index is 12.5. The summed E-state index contributed by atoms with van der Waals surface area (Å²) in [6, 6.07) is 10.9. The molecule has 3 heteroatoms. The number of carbonyl (C=O) groups is 1. The summed E-state index contributed by atoms with van der Waals surface area (Å²) in [6.07, 6.45) is 7.11. The highest BCUT2D eigenvalue weighted by atomic mass is 16.2. The summed E-state index contributed by atoms with van der Waals surface area (Å²) in [7, 11) is 0. The first-order valence-corrected chi connectivity index (χ1v) is 8.38. The molecule has 2 aliphatic rings. The van der Waals surface area contributed by atoms with Crippen LogP contribution in [0.3, 0.4) is 0 Å². The third-order valence-corrected chi connectivity index (χ3v) is 5.03. The number of hydrogen-bond acceptors (Lipinski definition) is 2. The van der Waals surface area contributed by atoms with Gasteiger partial charge in [0, 0.05) is 12.6 Å². The van der Waals surface area contributed by atoms with Crippen LogP contribution < -0.4 is 10.6 Å². The number of rotatable bonds is 5. The molecule has 1 aromatic rings. The molecule has 0 radical (unpaired) electrons. The van der Waals surface area contributed by atoms with Crippen molar-refractivity contribution in [3.63, 3.8) is 0 Å². The summed E-state index contributed by atoms with van der Waals surface area (Å²) in [5.41, 5.74) is 1.33. The van der Waals surface area contributed by atoms with Crippen LogP contribution in [0.1, 0.15) is 37.7 Å². The molecule has 0 unspecified atom stereocenters. The van der Waals surface area contributed by atoms with Crippen molar-refractivity contribution < 1.29 is 4.79 Å². The number of carbonyl (C=O) groups excluding carboxylic acids is 1. The van der Waals surface area contributed by atoms with Crippen LogP contribution in [0.25, 0.3) is 0 Å². The Balaban J connectivity index is 1.65. The molecule has 2 N–H and O–H groups in total. The Labute approximate surface area is 127 Å². The molecule has 3 nitrogen and oxygen atoms in total. The van der Waals surface area contributed by atoms with Crippen LogP contribution >= 0.6 is 0 Å². The zero-order chi connectivity index (χ0) is 14.5. The van der Waals surface area contributed by atoms with Gasteiger partial charge in [0.1, 0.15) is 0 Å². The number of benzene rings is 1. The van der Waals surface area contributed by atoms with Gasteiger partial charge in [0.15, 0.2) is 0 Å². The molecule has 21 heavy (non-hydrogen) atoms. The molecule has 1 aliphatic carbocycles. The van der Waals surface area contributed by atoms with Gasteiger partial charge in [-0.15, -0.1) is 0 Å². The summed E-state index contributed by atoms with van der Waals surface area (Å²) < 4.78 is 0. The third kappa shape index (κ3) is 3.85. The molecule has 2 fully saturated rings. The van der Waals surface area contributed by atoms with Crippen molar-refractivity contribution in [1.82, 2.24) is 10.6 Å². The van der Waals surface area contributed by atoms with Crippen LogP contribution in [0.4, 0.5) is 0 Å². The number of amides is 1. The van der Waals surface area contributed by atoms with Crippen LogP contribution in [0.15, 0.2) is 30.3 Å². The number of hydrogen-bond donors (Lipinski definition) is 2. The summed E-state index contributed by atoms with van der Waals surface area (Å²) in [4.78, 5) is 12.5. The second-order valence-electron chi connectivity index (χ2n) is 6.54. The minimum atomic E-state index is 0.171. The average Bonchev–Trinajstić information content (AvgIpc) is 3.21. The van der Waals surface area contributed by atoms with Gasteiger partial charge in [0.2, 0.25) is 5.91 Å². The lowest BCUT2D eigenvalue weighted by molar-refractivity contribution is -0.125. The standard InChI is InChI=1S/C18H26N2O/c21-18(16-10-11-19-13-16)20-17(15-8-4-5-9-15)12-14-6-2-1-3-7-14/h1-3,6-7,15-17,19H,4-5,8-13H2,(H,20,21)/t16-,17-/m0/s1. The lowest BCUT2D eigenvalue weighted by Gasteiger charge is -2.26. The molecule has 1 heterocycles. The SMILES string of the molecule is O=C(N[C@@H](Cc1ccccc1)C1CCCC1)[C@H]1CCNC1. The van der Waals surface area contributed by atoms with Crippen LogP contribution in [-0.2, 0) is 11.2 Å². The van der Waals surface area contributed by atoms with Crippen molar-refractivity contribution in [2.45, 2.75) is 44.6 Å². The van der Waals surface area contributed by atoms with Gasteiger partial charge in [-0.1, -0.05) is 43.2 Å². The Morgan fingerprint density at radius 2 is 1.95 bits per heavy atom. The molecule has 0 aromatic heterocycles. The first kappa shape index (κ1) is 14.6. The van der Waals surface area contributed by atoms with Crippen molar-refractivity contribution in [1.29, 1.82) is 0 Å². The van der Waals surface area contributed by atoms with Gasteiger partial charge >= 0.3 is 0 Å². The largest absolute Gasteiger partial charge is 0.352 e. The van der Waals surface area contributed by atoms with Crippen LogP contribution in [0, 0.1) is 11.8 Å². The second-order valence-corrected chi connectivity index (χ2v) is 6.54. The van der Waals surface area contributed by atoms with E-state index in [-0.39, 0.29) is 11.8 Å². The molecule has 0 bridgehead atoms. The van der Waals surface area contributed by atoms with Gasteiger partial charge in [-0.3, -0.25) is 4.79 Å². The maximum absolute atomic E-state index is 12.5. The summed E-state index contributed by atoms with van der Waals surface area (Å²) in [6.45, 7) is 1.82. The molecule has 1 aliphatic heterocycles. The molecule has 0 spiro atoms. The Hall–Kier alpha value is -1.35. The van der Waals surface area contributed by atoms with E-state index in [1.54, 1.807) is 0 Å². The van der Waals surface area contributed by atoms with E-state index in [2.05, 4.69) is 41.0 Å². The van der Waals surface area contributed by atoms with Crippen molar-refractivity contribution in [3.05, 3.63) is 35.9 Å². The normalized spacial score (nSPS) is 24.1. The fourth-order valence-electron chi connectivity index (χ4n) is 3.74. The summed E-state index contributed by atoms with van der Waals surface area (Å²) in [5, 5.41) is 6.66. The quantitative estimate of drug-likeness (QED) is 0.873. The fourth-order valence-corrected chi connectivity index (χ4v) is 3.74. The highest BCUT2D eigenvalue weighted by Gasteiger charge is 2.29. The van der Waals surface area contributed by atoms with Gasteiger partial charge < -0.3 is 10.6 Å². The molecule has 1 aromatic carbocycles. The second kappa shape index (κ2) is 7.08. The Kier molecular flexibility index (Phi) is 4.91. The van der Waals surface area contributed by atoms with Gasteiger partial charge in [-0.25, -0.2) is 0 Å². The van der Waals surface area contributed by atoms with Gasteiger partial charge in [-0.05, 0) is 43.7 Å². The topological polar surface area (TPSA) is 41.1 Å². The molecule has 2 atom stereocenters. The zero-order valence-corrected chi connectivity index (χ0v) is 12.7. The van der Waals surface area contributed by atoms with E-state index in [1.807, 2.05) is 0 Å². The average molecular weight is 286 g/mol. The zero-order valence-electron chi connectivity index (χ0n) is 12.7. The lowest BCUT2D eigenvalue weighted by Crippen LogP contribution is -2.44. The predicted octanol–water partition coefficient (Wildman–Crippen LogP) is 2.51. The van der Waals surface area contributed by atoms with Crippen molar-refractivity contribution in [2.75, 3.05) is 13.1 Å². The van der Waals surface area contributed by atoms with Gasteiger partial charge in [0.05, 0.1) is 5.92 Å². The molecular weight excluding hydrogens is 260 g/mol. The van der Waals surface area contributed by atoms with E-state index in [9.17, 15) is 4.79 Å². The van der Waals surface area contributed by atoms with E-state index in [0.29, 0.717) is 12.0 Å². The predicted molar refractivity (Wildman–Crippen MR) is 85.0 cm³/mol. The van der Waals surface area contributed by atoms with E-state index < -0.39 is 0 Å². The first-order chi connectivity index (χ1) is 10.3. The summed E-state index contributed by atoms with van der Waals surface area (Å²) >= 11 is 0. The van der Waals surface area contributed by atoms with Crippen LogP contribution in [0.5, 0.6) is 0 Å². The molecular formula is C18H26N2O. The molecule has 3 rings (SSSR count). The highest BCUT2D eigenvalue weighted by molar-refractivity contribution is 5.79. The monoisotopic (exact) mass is 286 g/mol. The Morgan fingerprint density at radius 3 is 2.62 bits per heavy atom. The third-order valence-electron chi connectivity index (χ3n) is 5.03. The van der Waals surface area contributed by atoms with Crippen molar-refractivity contribution >= 4 is 5.91 Å². The van der Waals surface area contributed by atoms with Crippen LogP contribution in [-0.4, -0.2) is 25.0 Å². The van der Waals surface area contributed by atoms with E-state index >= 15 is 0 Å². The smallest absolute Gasteiger partial charge is 0.224 e. The van der Waals surface area contributed by atoms with Gasteiger partial charge in [0.25, 0.3) is 0 Å². The summed E-state index contributed by atoms with van der Waals surface area (Å²) in [5.74, 6) is 1.08. The van der Waals surface area contributed by atoms with Crippen molar-refractivity contribution in [3.8, 4) is 0 Å². The van der Waals surface area contributed by atoms with Gasteiger partial charge in [-0.2, -0.15) is 0 Å². The molecule has 1 saturated heterocycles.